The third kappa shape index (κ3) is 3.86. The van der Waals surface area contributed by atoms with E-state index < -0.39 is 12.1 Å². The number of carboxylic acids is 1. The summed E-state index contributed by atoms with van der Waals surface area (Å²) in [5.41, 5.74) is 0. The molecule has 2 heterocycles. The molecule has 0 aliphatic carbocycles. The van der Waals surface area contributed by atoms with Gasteiger partial charge in [0.25, 0.3) is 0 Å². The molecular weight excluding hydrogens is 272 g/mol. The molecular formula is C10H14N4O4S. The Morgan fingerprint density at radius 2 is 2.42 bits per heavy atom. The number of nitrogens with one attached hydrogen (secondary N) is 1. The number of carbonyl (C=O) groups is 2. The van der Waals surface area contributed by atoms with Crippen molar-refractivity contribution in [3.8, 4) is 0 Å². The molecule has 0 saturated carbocycles. The Kier molecular flexibility index (Phi) is 4.27. The number of hydrogen-bond acceptors (Lipinski definition) is 6. The first-order chi connectivity index (χ1) is 9.04. The number of urea groups is 1. The van der Waals surface area contributed by atoms with Crippen LogP contribution in [0.5, 0.6) is 0 Å². The van der Waals surface area contributed by atoms with E-state index in [1.807, 2.05) is 0 Å². The van der Waals surface area contributed by atoms with E-state index in [-0.39, 0.29) is 19.0 Å². The smallest absolute Gasteiger partial charge is 0.323 e. The summed E-state index contributed by atoms with van der Waals surface area (Å²) < 4.78 is 9.26. The molecule has 0 spiro atoms. The Morgan fingerprint density at radius 3 is 3.05 bits per heavy atom. The molecule has 104 valence electrons. The topological polar surface area (TPSA) is 105 Å². The predicted octanol–water partition coefficient (Wildman–Crippen LogP) is 0.554. The molecule has 2 amide bonds. The van der Waals surface area contributed by atoms with Crippen LogP contribution in [-0.4, -0.2) is 57.2 Å². The molecule has 1 aliphatic rings. The summed E-state index contributed by atoms with van der Waals surface area (Å²) in [4.78, 5) is 28.1. The fourth-order valence-electron chi connectivity index (χ4n) is 1.74. The summed E-state index contributed by atoms with van der Waals surface area (Å²) in [5.74, 6) is -0.335. The van der Waals surface area contributed by atoms with Gasteiger partial charge in [-0.15, -0.1) is 0 Å². The van der Waals surface area contributed by atoms with Gasteiger partial charge in [-0.25, -0.2) is 9.78 Å². The van der Waals surface area contributed by atoms with Gasteiger partial charge >= 0.3 is 12.0 Å². The fourth-order valence-corrected chi connectivity index (χ4v) is 2.31. The molecule has 1 aromatic heterocycles. The number of amides is 2. The van der Waals surface area contributed by atoms with Crippen LogP contribution in [0, 0.1) is 6.92 Å². The minimum atomic E-state index is -0.938. The number of carbonyl (C=O) groups excluding carboxylic acids is 1. The molecule has 1 fully saturated rings. The summed E-state index contributed by atoms with van der Waals surface area (Å²) in [6, 6.07) is -0.310. The van der Waals surface area contributed by atoms with Gasteiger partial charge in [-0.2, -0.15) is 4.37 Å². The first-order valence-corrected chi connectivity index (χ1v) is 6.51. The van der Waals surface area contributed by atoms with Crippen molar-refractivity contribution in [2.45, 2.75) is 19.4 Å². The van der Waals surface area contributed by atoms with E-state index in [1.165, 1.54) is 4.90 Å². The molecule has 0 bridgehead atoms. The summed E-state index contributed by atoms with van der Waals surface area (Å²) in [6.07, 6.45) is -0.574. The largest absolute Gasteiger partial charge is 0.481 e. The average molecular weight is 286 g/mol. The van der Waals surface area contributed by atoms with Gasteiger partial charge in [0.05, 0.1) is 19.1 Å². The Bertz CT molecular complexity index is 478. The highest BCUT2D eigenvalue weighted by molar-refractivity contribution is 7.09. The number of anilines is 1. The van der Waals surface area contributed by atoms with Crippen LogP contribution in [0.2, 0.25) is 0 Å². The quantitative estimate of drug-likeness (QED) is 0.841. The standard InChI is InChI=1S/C10H14N4O4S/c1-6-11-9(19-13-6)12-10(17)14-2-3-18-7(5-14)4-8(15)16/h7H,2-5H2,1H3,(H,15,16)(H,11,12,13,17). The number of aryl methyl sites for hydroxylation is 1. The molecule has 9 heteroatoms. The van der Waals surface area contributed by atoms with Gasteiger partial charge in [-0.1, -0.05) is 0 Å². The van der Waals surface area contributed by atoms with E-state index in [1.54, 1.807) is 6.92 Å². The molecule has 1 aromatic rings. The molecule has 19 heavy (non-hydrogen) atoms. The van der Waals surface area contributed by atoms with E-state index in [9.17, 15) is 9.59 Å². The van der Waals surface area contributed by atoms with Gasteiger partial charge in [0, 0.05) is 24.6 Å². The lowest BCUT2D eigenvalue weighted by Gasteiger charge is -2.31. The number of aliphatic carboxylic acids is 1. The lowest BCUT2D eigenvalue weighted by atomic mass is 10.2. The second-order valence-corrected chi connectivity index (χ2v) is 4.87. The molecule has 1 saturated heterocycles. The number of hydrogen-bond donors (Lipinski definition) is 2. The zero-order valence-corrected chi connectivity index (χ0v) is 11.1. The Morgan fingerprint density at radius 1 is 1.63 bits per heavy atom. The minimum absolute atomic E-state index is 0.109. The van der Waals surface area contributed by atoms with Gasteiger partial charge < -0.3 is 14.7 Å². The highest BCUT2D eigenvalue weighted by Gasteiger charge is 2.26. The molecule has 8 nitrogen and oxygen atoms in total. The SMILES string of the molecule is Cc1nsc(NC(=O)N2CCOC(CC(=O)O)C2)n1. The third-order valence-electron chi connectivity index (χ3n) is 2.57. The summed E-state index contributed by atoms with van der Waals surface area (Å²) in [5, 5.41) is 11.8. The van der Waals surface area contributed by atoms with E-state index >= 15 is 0 Å². The van der Waals surface area contributed by atoms with Gasteiger partial charge in [0.2, 0.25) is 5.13 Å². The fraction of sp³-hybridized carbons (Fsp3) is 0.600. The maximum absolute atomic E-state index is 12.0. The van der Waals surface area contributed by atoms with Gasteiger partial charge in [-0.05, 0) is 6.92 Å². The van der Waals surface area contributed by atoms with Crippen molar-refractivity contribution in [2.24, 2.45) is 0 Å². The molecule has 0 aromatic carbocycles. The molecule has 1 atom stereocenters. The normalized spacial score (nSPS) is 19.2. The van der Waals surface area contributed by atoms with Crippen molar-refractivity contribution in [3.05, 3.63) is 5.82 Å². The van der Waals surface area contributed by atoms with Crippen LogP contribution in [-0.2, 0) is 9.53 Å². The van der Waals surface area contributed by atoms with Crippen molar-refractivity contribution < 1.29 is 19.4 Å². The zero-order valence-electron chi connectivity index (χ0n) is 10.3. The van der Waals surface area contributed by atoms with Crippen molar-refractivity contribution in [1.82, 2.24) is 14.3 Å². The Hall–Kier alpha value is -1.74. The lowest BCUT2D eigenvalue weighted by Crippen LogP contribution is -2.47. The first-order valence-electron chi connectivity index (χ1n) is 5.74. The molecule has 1 aliphatic heterocycles. The van der Waals surface area contributed by atoms with Crippen LogP contribution in [0.4, 0.5) is 9.93 Å². The molecule has 2 rings (SSSR count). The second-order valence-electron chi connectivity index (χ2n) is 4.11. The van der Waals surface area contributed by atoms with Crippen LogP contribution >= 0.6 is 11.5 Å². The van der Waals surface area contributed by atoms with E-state index in [0.29, 0.717) is 24.1 Å². The molecule has 1 unspecified atom stereocenters. The Balaban J connectivity index is 1.89. The first kappa shape index (κ1) is 13.7. The number of carboxylic acid groups (broad SMARTS) is 1. The van der Waals surface area contributed by atoms with Crippen molar-refractivity contribution >= 4 is 28.7 Å². The maximum atomic E-state index is 12.0. The highest BCUT2D eigenvalue weighted by atomic mass is 32.1. The number of aromatic nitrogens is 2. The van der Waals surface area contributed by atoms with Crippen molar-refractivity contribution in [1.29, 1.82) is 0 Å². The van der Waals surface area contributed by atoms with E-state index in [0.717, 1.165) is 11.5 Å². The minimum Gasteiger partial charge on any atom is -0.481 e. The summed E-state index contributed by atoms with van der Waals surface area (Å²) >= 11 is 1.11. The van der Waals surface area contributed by atoms with Crippen LogP contribution in [0.25, 0.3) is 0 Å². The van der Waals surface area contributed by atoms with E-state index in [2.05, 4.69) is 14.7 Å². The average Bonchev–Trinajstić information content (AvgIpc) is 2.74. The maximum Gasteiger partial charge on any atom is 0.323 e. The van der Waals surface area contributed by atoms with Gasteiger partial charge in [-0.3, -0.25) is 10.1 Å². The van der Waals surface area contributed by atoms with Crippen molar-refractivity contribution in [2.75, 3.05) is 25.0 Å². The van der Waals surface area contributed by atoms with E-state index in [4.69, 9.17) is 9.84 Å². The van der Waals surface area contributed by atoms with Crippen LogP contribution in [0.15, 0.2) is 0 Å². The molecule has 0 radical (unpaired) electrons. The van der Waals surface area contributed by atoms with Crippen LogP contribution in [0.3, 0.4) is 0 Å². The van der Waals surface area contributed by atoms with Crippen LogP contribution in [0.1, 0.15) is 12.2 Å². The number of nitrogens with zero attached hydrogens (tertiary/aromatic N) is 3. The lowest BCUT2D eigenvalue weighted by molar-refractivity contribution is -0.141. The van der Waals surface area contributed by atoms with Gasteiger partial charge in [0.1, 0.15) is 5.82 Å². The van der Waals surface area contributed by atoms with Crippen molar-refractivity contribution in [3.63, 3.8) is 0 Å². The zero-order chi connectivity index (χ0) is 13.8. The molecule has 2 N–H and O–H groups in total. The second kappa shape index (κ2) is 5.93. The van der Waals surface area contributed by atoms with Crippen LogP contribution < -0.4 is 5.32 Å². The van der Waals surface area contributed by atoms with Gasteiger partial charge in [0.15, 0.2) is 0 Å². The predicted molar refractivity (Wildman–Crippen MR) is 67.2 cm³/mol. The third-order valence-corrected chi connectivity index (χ3v) is 3.29. The summed E-state index contributed by atoms with van der Waals surface area (Å²) in [6.45, 7) is 2.76. The Labute approximate surface area is 113 Å². The highest BCUT2D eigenvalue weighted by Crippen LogP contribution is 2.13. The number of rotatable bonds is 3. The number of ether oxygens (including phenoxy) is 1. The number of morpholine rings is 1. The summed E-state index contributed by atoms with van der Waals surface area (Å²) in [7, 11) is 0. The monoisotopic (exact) mass is 286 g/mol.